The van der Waals surface area contributed by atoms with E-state index in [4.69, 9.17) is 4.74 Å². The van der Waals surface area contributed by atoms with Gasteiger partial charge in [-0.3, -0.25) is 0 Å². The maximum Gasteiger partial charge on any atom is 0.119 e. The second kappa shape index (κ2) is 3.98. The molecule has 2 heteroatoms. The van der Waals surface area contributed by atoms with Gasteiger partial charge in [0.05, 0.1) is 7.11 Å². The number of methoxy groups -OCH3 is 1. The molecule has 17 heavy (non-hydrogen) atoms. The smallest absolute Gasteiger partial charge is 0.119 e. The largest absolute Gasteiger partial charge is 0.497 e. The zero-order valence-electron chi connectivity index (χ0n) is 9.63. The summed E-state index contributed by atoms with van der Waals surface area (Å²) in [4.78, 5) is 0. The highest BCUT2D eigenvalue weighted by Gasteiger charge is 2.00. The fourth-order valence-corrected chi connectivity index (χ4v) is 1.99. The molecule has 0 amide bonds. The van der Waals surface area contributed by atoms with Crippen LogP contribution in [0.5, 0.6) is 5.75 Å². The van der Waals surface area contributed by atoms with Gasteiger partial charge in [0.15, 0.2) is 0 Å². The molecule has 2 aromatic carbocycles. The van der Waals surface area contributed by atoms with Gasteiger partial charge in [-0.25, -0.2) is 0 Å². The Balaban J connectivity index is 2.07. The molecule has 2 nitrogen and oxygen atoms in total. The lowest BCUT2D eigenvalue weighted by Crippen LogP contribution is -1.89. The van der Waals surface area contributed by atoms with Crippen LogP contribution in [0.1, 0.15) is 0 Å². The molecule has 0 aliphatic carbocycles. The Bertz CT molecular complexity index is 604. The first kappa shape index (κ1) is 9.97. The Morgan fingerprint density at radius 1 is 0.824 bits per heavy atom. The molecule has 0 aliphatic rings. The van der Waals surface area contributed by atoms with E-state index in [1.54, 1.807) is 7.11 Å². The zero-order valence-corrected chi connectivity index (χ0v) is 9.63. The zero-order chi connectivity index (χ0) is 11.7. The van der Waals surface area contributed by atoms with Crippen molar-refractivity contribution < 1.29 is 4.74 Å². The molecular weight excluding hydrogens is 210 g/mol. The number of aromatic nitrogens is 1. The summed E-state index contributed by atoms with van der Waals surface area (Å²) in [6, 6.07) is 16.4. The van der Waals surface area contributed by atoms with Crippen molar-refractivity contribution in [2.75, 3.05) is 7.11 Å². The summed E-state index contributed by atoms with van der Waals surface area (Å²) in [6.07, 6.45) is 4.27. The van der Waals surface area contributed by atoms with Gasteiger partial charge in [0.2, 0.25) is 0 Å². The Labute approximate surface area is 100 Å². The van der Waals surface area contributed by atoms with E-state index in [2.05, 4.69) is 53.4 Å². The molecular formula is C15H13NO. The molecule has 3 rings (SSSR count). The van der Waals surface area contributed by atoms with Crippen molar-refractivity contribution in [1.29, 1.82) is 0 Å². The van der Waals surface area contributed by atoms with Gasteiger partial charge in [-0.2, -0.15) is 0 Å². The van der Waals surface area contributed by atoms with Crippen molar-refractivity contribution in [1.82, 2.24) is 4.57 Å². The maximum atomic E-state index is 5.15. The topological polar surface area (TPSA) is 14.2 Å². The number of benzene rings is 2. The summed E-state index contributed by atoms with van der Waals surface area (Å²) < 4.78 is 7.28. The van der Waals surface area contributed by atoms with Crippen LogP contribution in [0.4, 0.5) is 0 Å². The third-order valence-electron chi connectivity index (χ3n) is 2.92. The second-order valence-electron chi connectivity index (χ2n) is 3.99. The third kappa shape index (κ3) is 1.78. The predicted molar refractivity (Wildman–Crippen MR) is 69.8 cm³/mol. The Morgan fingerprint density at radius 2 is 1.41 bits per heavy atom. The van der Waals surface area contributed by atoms with Crippen molar-refractivity contribution in [3.05, 3.63) is 60.9 Å². The van der Waals surface area contributed by atoms with Crippen LogP contribution in [0, 0.1) is 0 Å². The highest BCUT2D eigenvalue weighted by atomic mass is 16.5. The molecule has 0 N–H and O–H groups in total. The standard InChI is InChI=1S/C15H13NO/c1-17-15-8-6-14(7-9-15)16-10-12-4-2-3-5-13(12)11-16/h2-11H,1H3. The van der Waals surface area contributed by atoms with Crippen LogP contribution in [0.25, 0.3) is 16.5 Å². The monoisotopic (exact) mass is 223 g/mol. The molecule has 3 aromatic rings. The number of hydrogen-bond donors (Lipinski definition) is 0. The predicted octanol–water partition coefficient (Wildman–Crippen LogP) is 3.64. The van der Waals surface area contributed by atoms with Crippen molar-refractivity contribution in [2.24, 2.45) is 0 Å². The molecule has 0 fully saturated rings. The van der Waals surface area contributed by atoms with Crippen LogP contribution >= 0.6 is 0 Å². The summed E-state index contributed by atoms with van der Waals surface area (Å²) in [7, 11) is 1.68. The van der Waals surface area contributed by atoms with Gasteiger partial charge < -0.3 is 9.30 Å². The highest BCUT2D eigenvalue weighted by Crippen LogP contribution is 2.20. The summed E-state index contributed by atoms with van der Waals surface area (Å²) in [5, 5.41) is 2.51. The molecule has 0 atom stereocenters. The molecule has 1 heterocycles. The first-order chi connectivity index (χ1) is 8.36. The first-order valence-corrected chi connectivity index (χ1v) is 5.58. The van der Waals surface area contributed by atoms with Crippen LogP contribution < -0.4 is 4.74 Å². The Kier molecular flexibility index (Phi) is 2.33. The Hall–Kier alpha value is -2.22. The summed E-state index contributed by atoms with van der Waals surface area (Å²) in [5.41, 5.74) is 1.14. The second-order valence-corrected chi connectivity index (χ2v) is 3.99. The van der Waals surface area contributed by atoms with Crippen LogP contribution in [-0.4, -0.2) is 11.7 Å². The van der Waals surface area contributed by atoms with Gasteiger partial charge in [-0.1, -0.05) is 24.3 Å². The molecule has 1 aromatic heterocycles. The minimum Gasteiger partial charge on any atom is -0.497 e. The van der Waals surface area contributed by atoms with Crippen LogP contribution in [-0.2, 0) is 0 Å². The number of ether oxygens (including phenoxy) is 1. The number of nitrogens with zero attached hydrogens (tertiary/aromatic N) is 1. The van der Waals surface area contributed by atoms with Gasteiger partial charge in [0.25, 0.3) is 0 Å². The molecule has 0 radical (unpaired) electrons. The van der Waals surface area contributed by atoms with E-state index < -0.39 is 0 Å². The number of hydrogen-bond acceptors (Lipinski definition) is 1. The van der Waals surface area contributed by atoms with Crippen LogP contribution in [0.2, 0.25) is 0 Å². The van der Waals surface area contributed by atoms with E-state index in [0.29, 0.717) is 0 Å². The number of rotatable bonds is 2. The van der Waals surface area contributed by atoms with Crippen molar-refractivity contribution in [2.45, 2.75) is 0 Å². The molecule has 0 bridgehead atoms. The van der Waals surface area contributed by atoms with E-state index >= 15 is 0 Å². The summed E-state index contributed by atoms with van der Waals surface area (Å²) in [5.74, 6) is 0.880. The van der Waals surface area contributed by atoms with E-state index in [0.717, 1.165) is 11.4 Å². The van der Waals surface area contributed by atoms with Crippen LogP contribution in [0.3, 0.4) is 0 Å². The fraction of sp³-hybridized carbons (Fsp3) is 0.0667. The average molecular weight is 223 g/mol. The van der Waals surface area contributed by atoms with Crippen LogP contribution in [0.15, 0.2) is 60.9 Å². The molecule has 0 saturated carbocycles. The van der Waals surface area contributed by atoms with E-state index in [-0.39, 0.29) is 0 Å². The lowest BCUT2D eigenvalue weighted by Gasteiger charge is -2.03. The van der Waals surface area contributed by atoms with Gasteiger partial charge in [-0.15, -0.1) is 0 Å². The summed E-state index contributed by atoms with van der Waals surface area (Å²) in [6.45, 7) is 0. The molecule has 0 aliphatic heterocycles. The van der Waals surface area contributed by atoms with Gasteiger partial charge >= 0.3 is 0 Å². The molecule has 84 valence electrons. The van der Waals surface area contributed by atoms with Crippen molar-refractivity contribution in [3.8, 4) is 11.4 Å². The van der Waals surface area contributed by atoms with Gasteiger partial charge in [0.1, 0.15) is 5.75 Å². The lowest BCUT2D eigenvalue weighted by molar-refractivity contribution is 0.415. The van der Waals surface area contributed by atoms with Crippen molar-refractivity contribution in [3.63, 3.8) is 0 Å². The van der Waals surface area contributed by atoms with E-state index in [9.17, 15) is 0 Å². The van der Waals surface area contributed by atoms with E-state index in [1.807, 2.05) is 12.1 Å². The molecule has 0 saturated heterocycles. The molecule has 0 unspecified atom stereocenters. The highest BCUT2D eigenvalue weighted by molar-refractivity contribution is 5.82. The summed E-state index contributed by atoms with van der Waals surface area (Å²) >= 11 is 0. The Morgan fingerprint density at radius 3 is 1.94 bits per heavy atom. The van der Waals surface area contributed by atoms with Crippen molar-refractivity contribution >= 4 is 10.8 Å². The fourth-order valence-electron chi connectivity index (χ4n) is 1.99. The average Bonchev–Trinajstić information content (AvgIpc) is 2.82. The minimum atomic E-state index is 0.880. The molecule has 0 spiro atoms. The minimum absolute atomic E-state index is 0.880. The first-order valence-electron chi connectivity index (χ1n) is 5.58. The SMILES string of the molecule is COc1ccc(-n2cc3ccccc3c2)cc1. The van der Waals surface area contributed by atoms with Gasteiger partial charge in [-0.05, 0) is 35.0 Å². The normalized spacial score (nSPS) is 10.6. The number of fused-ring (bicyclic) bond motifs is 1. The lowest BCUT2D eigenvalue weighted by atomic mass is 10.2. The van der Waals surface area contributed by atoms with Gasteiger partial charge in [0, 0.05) is 18.1 Å². The third-order valence-corrected chi connectivity index (χ3v) is 2.92. The quantitative estimate of drug-likeness (QED) is 0.647. The maximum absolute atomic E-state index is 5.15. The van der Waals surface area contributed by atoms with E-state index in [1.165, 1.54) is 10.8 Å².